The molecule has 3 N–H and O–H groups in total. The van der Waals surface area contributed by atoms with E-state index in [9.17, 15) is 18.0 Å². The molecule has 118 valence electrons. The van der Waals surface area contributed by atoms with Crippen LogP contribution in [-0.2, 0) is 10.9 Å². The Bertz CT molecular complexity index is 478. The number of pyridine rings is 1. The van der Waals surface area contributed by atoms with Gasteiger partial charge >= 0.3 is 6.18 Å². The van der Waals surface area contributed by atoms with Crippen LogP contribution in [0.15, 0.2) is 12.1 Å². The SMILES string of the molecule is CCCCOCCNc1nc(C(F)(F)F)ccc1C(N)=O. The smallest absolute Gasteiger partial charge is 0.380 e. The Kier molecular flexibility index (Phi) is 6.41. The molecular weight excluding hydrogens is 287 g/mol. The van der Waals surface area contributed by atoms with E-state index in [1.54, 1.807) is 0 Å². The summed E-state index contributed by atoms with van der Waals surface area (Å²) in [6.45, 7) is 3.14. The molecule has 0 aliphatic rings. The van der Waals surface area contributed by atoms with E-state index in [1.165, 1.54) is 0 Å². The molecule has 0 aliphatic carbocycles. The lowest BCUT2D eigenvalue weighted by Gasteiger charge is -2.12. The zero-order valence-electron chi connectivity index (χ0n) is 11.7. The maximum absolute atomic E-state index is 12.6. The van der Waals surface area contributed by atoms with Crippen molar-refractivity contribution < 1.29 is 22.7 Å². The number of rotatable bonds is 8. The predicted octanol–water partition coefficient (Wildman–Crippen LogP) is 2.43. The zero-order chi connectivity index (χ0) is 15.9. The van der Waals surface area contributed by atoms with Crippen molar-refractivity contribution in [1.29, 1.82) is 0 Å². The summed E-state index contributed by atoms with van der Waals surface area (Å²) in [6, 6.07) is 1.74. The fourth-order valence-corrected chi connectivity index (χ4v) is 1.54. The first kappa shape index (κ1) is 17.2. The Morgan fingerprint density at radius 2 is 2.10 bits per heavy atom. The van der Waals surface area contributed by atoms with Gasteiger partial charge in [0.25, 0.3) is 5.91 Å². The number of carbonyl (C=O) groups excluding carboxylic acids is 1. The van der Waals surface area contributed by atoms with Gasteiger partial charge in [-0.25, -0.2) is 4.98 Å². The molecule has 1 aromatic heterocycles. The molecule has 0 saturated heterocycles. The van der Waals surface area contributed by atoms with E-state index in [-0.39, 0.29) is 17.9 Å². The Balaban J connectivity index is 2.71. The number of ether oxygens (including phenoxy) is 1. The number of unbranched alkanes of at least 4 members (excludes halogenated alkanes) is 1. The molecule has 0 fully saturated rings. The van der Waals surface area contributed by atoms with E-state index in [0.717, 1.165) is 25.0 Å². The van der Waals surface area contributed by atoms with Gasteiger partial charge in [-0.1, -0.05) is 13.3 Å². The Morgan fingerprint density at radius 3 is 2.67 bits per heavy atom. The van der Waals surface area contributed by atoms with Crippen LogP contribution in [0.2, 0.25) is 0 Å². The largest absolute Gasteiger partial charge is 0.433 e. The van der Waals surface area contributed by atoms with E-state index < -0.39 is 17.8 Å². The Morgan fingerprint density at radius 1 is 1.38 bits per heavy atom. The quantitative estimate of drug-likeness (QED) is 0.723. The second-order valence-electron chi connectivity index (χ2n) is 4.35. The van der Waals surface area contributed by atoms with Gasteiger partial charge in [0.15, 0.2) is 0 Å². The Labute approximate surface area is 120 Å². The third kappa shape index (κ3) is 5.58. The van der Waals surface area contributed by atoms with Gasteiger partial charge in [0.1, 0.15) is 11.5 Å². The summed E-state index contributed by atoms with van der Waals surface area (Å²) < 4.78 is 43.1. The van der Waals surface area contributed by atoms with Crippen LogP contribution in [0.5, 0.6) is 0 Å². The van der Waals surface area contributed by atoms with Crippen molar-refractivity contribution in [3.63, 3.8) is 0 Å². The number of hydrogen-bond donors (Lipinski definition) is 2. The molecule has 1 rings (SSSR count). The van der Waals surface area contributed by atoms with E-state index in [2.05, 4.69) is 10.3 Å². The summed E-state index contributed by atoms with van der Waals surface area (Å²) in [5.74, 6) is -1.03. The summed E-state index contributed by atoms with van der Waals surface area (Å²) in [6.07, 6.45) is -2.67. The van der Waals surface area contributed by atoms with E-state index in [1.807, 2.05) is 6.92 Å². The number of carbonyl (C=O) groups is 1. The number of nitrogens with two attached hydrogens (primary N) is 1. The van der Waals surface area contributed by atoms with Crippen LogP contribution in [0, 0.1) is 0 Å². The zero-order valence-corrected chi connectivity index (χ0v) is 11.7. The molecule has 1 amide bonds. The molecular formula is C13H18F3N3O2. The molecule has 0 saturated carbocycles. The fourth-order valence-electron chi connectivity index (χ4n) is 1.54. The first-order valence-electron chi connectivity index (χ1n) is 6.56. The lowest BCUT2D eigenvalue weighted by atomic mass is 10.2. The third-order valence-corrected chi connectivity index (χ3v) is 2.63. The van der Waals surface area contributed by atoms with E-state index >= 15 is 0 Å². The molecule has 1 heterocycles. The monoisotopic (exact) mass is 305 g/mol. The Hall–Kier alpha value is -1.83. The topological polar surface area (TPSA) is 77.2 Å². The summed E-state index contributed by atoms with van der Waals surface area (Å²) in [5, 5.41) is 2.65. The minimum absolute atomic E-state index is 0.0865. The number of aromatic nitrogens is 1. The summed E-state index contributed by atoms with van der Waals surface area (Å²) >= 11 is 0. The minimum atomic E-state index is -4.58. The lowest BCUT2D eigenvalue weighted by molar-refractivity contribution is -0.141. The van der Waals surface area contributed by atoms with Gasteiger partial charge in [0.05, 0.1) is 12.2 Å². The van der Waals surface area contributed by atoms with Crippen molar-refractivity contribution in [2.75, 3.05) is 25.1 Å². The molecule has 0 aliphatic heterocycles. The van der Waals surface area contributed by atoms with Crippen LogP contribution in [0.4, 0.5) is 19.0 Å². The van der Waals surface area contributed by atoms with Crippen LogP contribution in [-0.4, -0.2) is 30.6 Å². The molecule has 0 spiro atoms. The molecule has 0 bridgehead atoms. The van der Waals surface area contributed by atoms with Crippen LogP contribution in [0.25, 0.3) is 0 Å². The average molecular weight is 305 g/mol. The molecule has 21 heavy (non-hydrogen) atoms. The third-order valence-electron chi connectivity index (χ3n) is 2.63. The molecule has 8 heteroatoms. The summed E-state index contributed by atoms with van der Waals surface area (Å²) in [4.78, 5) is 14.6. The highest BCUT2D eigenvalue weighted by molar-refractivity contribution is 5.97. The van der Waals surface area contributed by atoms with Gasteiger partial charge in [-0.05, 0) is 18.6 Å². The molecule has 0 unspecified atom stereocenters. The summed E-state index contributed by atoms with van der Waals surface area (Å²) in [7, 11) is 0. The normalized spacial score (nSPS) is 11.4. The average Bonchev–Trinajstić information content (AvgIpc) is 2.41. The number of nitrogens with zero attached hydrogens (tertiary/aromatic N) is 1. The number of nitrogens with one attached hydrogen (secondary N) is 1. The van der Waals surface area contributed by atoms with Crippen molar-refractivity contribution in [3.05, 3.63) is 23.4 Å². The highest BCUT2D eigenvalue weighted by Crippen LogP contribution is 2.29. The number of primary amides is 1. The molecule has 0 radical (unpaired) electrons. The van der Waals surface area contributed by atoms with Crippen LogP contribution in [0.1, 0.15) is 35.8 Å². The minimum Gasteiger partial charge on any atom is -0.380 e. The molecule has 0 atom stereocenters. The summed E-state index contributed by atoms with van der Waals surface area (Å²) in [5.41, 5.74) is 3.94. The van der Waals surface area contributed by atoms with Gasteiger partial charge in [-0.3, -0.25) is 4.79 Å². The fraction of sp³-hybridized carbons (Fsp3) is 0.538. The first-order valence-corrected chi connectivity index (χ1v) is 6.56. The standard InChI is InChI=1S/C13H18F3N3O2/c1-2-3-7-21-8-6-18-12-9(11(17)20)4-5-10(19-12)13(14,15)16/h4-5H,2-3,6-8H2,1H3,(H2,17,20)(H,18,19). The number of hydrogen-bond acceptors (Lipinski definition) is 4. The number of alkyl halides is 3. The van der Waals surface area contributed by atoms with Gasteiger partial charge < -0.3 is 15.8 Å². The van der Waals surface area contributed by atoms with Crippen molar-refractivity contribution in [2.45, 2.75) is 25.9 Å². The second-order valence-corrected chi connectivity index (χ2v) is 4.35. The lowest BCUT2D eigenvalue weighted by Crippen LogP contribution is -2.20. The van der Waals surface area contributed by atoms with E-state index in [4.69, 9.17) is 10.5 Å². The van der Waals surface area contributed by atoms with Crippen LogP contribution < -0.4 is 11.1 Å². The second kappa shape index (κ2) is 7.82. The van der Waals surface area contributed by atoms with Crippen molar-refractivity contribution >= 4 is 11.7 Å². The number of anilines is 1. The van der Waals surface area contributed by atoms with Gasteiger partial charge in [-0.2, -0.15) is 13.2 Å². The van der Waals surface area contributed by atoms with E-state index in [0.29, 0.717) is 13.2 Å². The van der Waals surface area contributed by atoms with Crippen molar-refractivity contribution in [3.8, 4) is 0 Å². The van der Waals surface area contributed by atoms with Crippen LogP contribution >= 0.6 is 0 Å². The molecule has 1 aromatic rings. The van der Waals surface area contributed by atoms with Crippen molar-refractivity contribution in [1.82, 2.24) is 4.98 Å². The first-order chi connectivity index (χ1) is 9.86. The molecule has 5 nitrogen and oxygen atoms in total. The number of halogens is 3. The van der Waals surface area contributed by atoms with Crippen LogP contribution in [0.3, 0.4) is 0 Å². The van der Waals surface area contributed by atoms with Gasteiger partial charge in [0, 0.05) is 13.2 Å². The highest BCUT2D eigenvalue weighted by atomic mass is 19.4. The maximum atomic E-state index is 12.6. The predicted molar refractivity (Wildman–Crippen MR) is 72.0 cm³/mol. The number of amides is 1. The maximum Gasteiger partial charge on any atom is 0.433 e. The van der Waals surface area contributed by atoms with Crippen molar-refractivity contribution in [2.24, 2.45) is 5.73 Å². The van der Waals surface area contributed by atoms with Gasteiger partial charge in [0.2, 0.25) is 0 Å². The molecule has 0 aromatic carbocycles. The van der Waals surface area contributed by atoms with Gasteiger partial charge in [-0.15, -0.1) is 0 Å². The highest BCUT2D eigenvalue weighted by Gasteiger charge is 2.33.